The lowest BCUT2D eigenvalue weighted by Crippen LogP contribution is -2.34. The molecule has 12 rings (SSSR count). The summed E-state index contributed by atoms with van der Waals surface area (Å²) in [5, 5.41) is 18.5. The third kappa shape index (κ3) is 8.21. The molecular weight excluding hydrogens is 989 g/mol. The van der Waals surface area contributed by atoms with Crippen molar-refractivity contribution in [1.82, 2.24) is 0 Å². The molecule has 0 spiro atoms. The van der Waals surface area contributed by atoms with Crippen molar-refractivity contribution in [3.8, 4) is 78.2 Å². The molecule has 0 saturated carbocycles. The van der Waals surface area contributed by atoms with E-state index in [-0.39, 0.29) is 17.8 Å². The van der Waals surface area contributed by atoms with Crippen molar-refractivity contribution < 1.29 is 19.4 Å². The third-order valence-corrected chi connectivity index (χ3v) is 20.9. The summed E-state index contributed by atoms with van der Waals surface area (Å²) >= 11 is 12.2. The number of aliphatic carboxylic acids is 1. The van der Waals surface area contributed by atoms with Crippen molar-refractivity contribution in [2.75, 3.05) is 4.90 Å². The van der Waals surface area contributed by atoms with Gasteiger partial charge in [0.25, 0.3) is 0 Å². The lowest BCUT2D eigenvalue weighted by atomic mass is 10.0. The maximum absolute atomic E-state index is 11.4. The summed E-state index contributed by atoms with van der Waals surface area (Å²) in [6.07, 6.45) is 1.24. The fraction of sp³-hybridized carbons (Fsp3) is 0.0714. The van der Waals surface area contributed by atoms with Crippen molar-refractivity contribution in [2.24, 2.45) is 0 Å². The predicted molar refractivity (Wildman–Crippen MR) is 295 cm³/mol. The van der Waals surface area contributed by atoms with Gasteiger partial charge in [-0.25, -0.2) is 4.79 Å². The van der Waals surface area contributed by atoms with Crippen LogP contribution in [0.15, 0.2) is 163 Å². The van der Waals surface area contributed by atoms with Crippen LogP contribution in [-0.2, 0) is 4.79 Å². The number of nitrogens with zero attached hydrogens (tertiary/aromatic N) is 2. The molecule has 11 aromatic rings. The molecule has 0 amide bonds. The summed E-state index contributed by atoms with van der Waals surface area (Å²) in [7, 11) is 0. The van der Waals surface area contributed by atoms with Crippen LogP contribution in [0.25, 0.3) is 85.5 Å². The van der Waals surface area contributed by atoms with E-state index in [1.165, 1.54) is 62.7 Å². The Kier molecular flexibility index (Phi) is 11.4. The zero-order valence-electron chi connectivity index (χ0n) is 36.7. The van der Waals surface area contributed by atoms with Crippen LogP contribution in [0.2, 0.25) is 0 Å². The molecule has 0 saturated heterocycles. The number of fused-ring (bicyclic) bond motifs is 4. The smallest absolute Gasteiger partial charge is 0.346 e. The Morgan fingerprint density at radius 2 is 0.986 bits per heavy atom. The molecular formula is C56H36N2O4S7. The molecule has 2 unspecified atom stereocenters. The molecule has 7 aromatic heterocycles. The first-order chi connectivity index (χ1) is 33.7. The summed E-state index contributed by atoms with van der Waals surface area (Å²) in [4.78, 5) is 24.6. The molecule has 1 N–H and O–H groups in total. The first-order valence-corrected chi connectivity index (χ1v) is 27.7. The lowest BCUT2D eigenvalue weighted by Gasteiger charge is -2.29. The quantitative estimate of drug-likeness (QED) is 0.103. The zero-order chi connectivity index (χ0) is 46.8. The number of hydrogen-bond donors (Lipinski definition) is 1. The Hall–Kier alpha value is -6.60. The van der Waals surface area contributed by atoms with E-state index in [2.05, 4.69) is 164 Å². The molecule has 6 nitrogen and oxygen atoms in total. The number of carbonyl (C=O) groups is 1. The molecule has 1 aliphatic heterocycles. The van der Waals surface area contributed by atoms with E-state index in [1.807, 2.05) is 46.1 Å². The number of carboxylic acid groups (broad SMARTS) is 1. The Morgan fingerprint density at radius 3 is 1.57 bits per heavy atom. The second kappa shape index (κ2) is 18.0. The molecule has 4 aromatic carbocycles. The number of nitriles is 1. The summed E-state index contributed by atoms with van der Waals surface area (Å²) < 4.78 is 18.6. The van der Waals surface area contributed by atoms with Crippen molar-refractivity contribution >= 4 is 127 Å². The molecule has 0 radical (unpaired) electrons. The number of hydrogen-bond acceptors (Lipinski definition) is 12. The van der Waals surface area contributed by atoms with Crippen LogP contribution in [-0.4, -0.2) is 23.3 Å². The Bertz CT molecular complexity index is 3730. The summed E-state index contributed by atoms with van der Waals surface area (Å²) in [5.41, 5.74) is 6.65. The topological polar surface area (TPSA) is 82.8 Å². The van der Waals surface area contributed by atoms with Gasteiger partial charge in [-0.15, -0.1) is 79.4 Å². The van der Waals surface area contributed by atoms with Gasteiger partial charge < -0.3 is 19.5 Å². The van der Waals surface area contributed by atoms with Crippen LogP contribution in [0.3, 0.4) is 0 Å². The van der Waals surface area contributed by atoms with Crippen molar-refractivity contribution in [1.29, 1.82) is 5.26 Å². The number of anilines is 3. The molecule has 69 heavy (non-hydrogen) atoms. The first-order valence-electron chi connectivity index (χ1n) is 22.0. The average molecular weight is 1030 g/mol. The SMILES string of the molecule is CC1Oc2c(-c3ccc(-c4ccc(-c5ccc(/C=C(\C#N)C(=O)O)s5)s4)s3)sc(-c3cc4sc5cc(-c6ccc(-c7ccc(N(c8ccccc8)c8ccccc8)cc7)cc6)sc5c4s3)c2OC1C. The Morgan fingerprint density at radius 1 is 0.522 bits per heavy atom. The van der Waals surface area contributed by atoms with Crippen LogP contribution in [0.1, 0.15) is 18.7 Å². The van der Waals surface area contributed by atoms with Gasteiger partial charge in [0, 0.05) is 60.6 Å². The van der Waals surface area contributed by atoms with Gasteiger partial charge in [-0.3, -0.25) is 0 Å². The number of rotatable bonds is 11. The van der Waals surface area contributed by atoms with E-state index in [0.29, 0.717) is 0 Å². The van der Waals surface area contributed by atoms with Crippen LogP contribution < -0.4 is 14.4 Å². The van der Waals surface area contributed by atoms with E-state index in [0.717, 1.165) is 67.6 Å². The monoisotopic (exact) mass is 1020 g/mol. The minimum absolute atomic E-state index is 0.0888. The first kappa shape index (κ1) is 43.7. The van der Waals surface area contributed by atoms with Gasteiger partial charge >= 0.3 is 5.97 Å². The van der Waals surface area contributed by atoms with Gasteiger partial charge in [0.05, 0.1) is 24.0 Å². The average Bonchev–Trinajstić information content (AvgIpc) is 4.25. The van der Waals surface area contributed by atoms with E-state index in [1.54, 1.807) is 40.1 Å². The minimum atomic E-state index is -1.23. The van der Waals surface area contributed by atoms with Gasteiger partial charge in [-0.2, -0.15) is 5.26 Å². The summed E-state index contributed by atoms with van der Waals surface area (Å²) in [6.45, 7) is 4.15. The minimum Gasteiger partial charge on any atom is -0.481 e. The highest BCUT2D eigenvalue weighted by molar-refractivity contribution is 7.41. The lowest BCUT2D eigenvalue weighted by molar-refractivity contribution is -0.132. The van der Waals surface area contributed by atoms with Gasteiger partial charge in [-0.1, -0.05) is 72.8 Å². The van der Waals surface area contributed by atoms with Gasteiger partial charge in [-0.05, 0) is 122 Å². The largest absolute Gasteiger partial charge is 0.481 e. The highest BCUT2D eigenvalue weighted by Crippen LogP contribution is 2.59. The van der Waals surface area contributed by atoms with Gasteiger partial charge in [0.1, 0.15) is 23.9 Å². The van der Waals surface area contributed by atoms with E-state index in [4.69, 9.17) is 9.47 Å². The number of para-hydroxylation sites is 2. The molecule has 2 atom stereocenters. The molecule has 8 heterocycles. The fourth-order valence-electron chi connectivity index (χ4n) is 8.37. The Balaban J connectivity index is 0.803. The maximum atomic E-state index is 11.4. The summed E-state index contributed by atoms with van der Waals surface area (Å²) in [6, 6.07) is 57.7. The number of ether oxygens (including phenoxy) is 2. The maximum Gasteiger partial charge on any atom is 0.346 e. The van der Waals surface area contributed by atoms with Gasteiger partial charge in [0.2, 0.25) is 0 Å². The highest BCUT2D eigenvalue weighted by atomic mass is 32.1. The molecule has 1 aliphatic rings. The van der Waals surface area contributed by atoms with Crippen molar-refractivity contribution in [3.05, 3.63) is 168 Å². The highest BCUT2D eigenvalue weighted by Gasteiger charge is 2.34. The standard InChI is InChI=1S/C56H36N2O4S7/c1-31-32(2)62-51-50(61-31)52(45-26-25-44(65-45)43-24-23-42(64-43)41-22-21-40(63-41)27-36(30-57)56(59)60)69-53(51)47-29-49-55(68-47)54-48(66-49)28-46(67-54)35-15-13-33(14-16-35)34-17-19-39(20-18-34)58(37-9-5-3-6-10-37)38-11-7-4-8-12-38/h3-29,31-32H,1-2H3,(H,59,60)/b36-27+. The molecule has 13 heteroatoms. The second-order valence-electron chi connectivity index (χ2n) is 16.4. The van der Waals surface area contributed by atoms with Crippen LogP contribution >= 0.6 is 79.4 Å². The molecule has 0 aliphatic carbocycles. The van der Waals surface area contributed by atoms with Crippen LogP contribution in [0.5, 0.6) is 11.5 Å². The van der Waals surface area contributed by atoms with Crippen molar-refractivity contribution in [3.63, 3.8) is 0 Å². The van der Waals surface area contributed by atoms with E-state index in [9.17, 15) is 15.2 Å². The van der Waals surface area contributed by atoms with Crippen LogP contribution in [0.4, 0.5) is 17.1 Å². The van der Waals surface area contributed by atoms with Crippen molar-refractivity contribution in [2.45, 2.75) is 26.1 Å². The normalized spacial score (nSPS) is 14.7. The fourth-order valence-corrected chi connectivity index (χ4v) is 16.9. The molecule has 336 valence electrons. The predicted octanol–water partition coefficient (Wildman–Crippen LogP) is 18.4. The van der Waals surface area contributed by atoms with E-state index >= 15 is 0 Å². The summed E-state index contributed by atoms with van der Waals surface area (Å²) in [5.74, 6) is 0.423. The molecule has 0 bridgehead atoms. The van der Waals surface area contributed by atoms with E-state index < -0.39 is 5.97 Å². The number of thiophene rings is 7. The van der Waals surface area contributed by atoms with Gasteiger partial charge in [0.15, 0.2) is 11.5 Å². The molecule has 0 fully saturated rings. The number of carboxylic acids is 1. The second-order valence-corrected chi connectivity index (χ2v) is 23.9. The zero-order valence-corrected chi connectivity index (χ0v) is 42.4. The number of benzene rings is 4. The third-order valence-electron chi connectivity index (χ3n) is 12.0. The van der Waals surface area contributed by atoms with Crippen LogP contribution in [0, 0.1) is 11.3 Å². The Labute approximate surface area is 425 Å².